The Kier molecular flexibility index (Phi) is 4.64. The lowest BCUT2D eigenvalue weighted by molar-refractivity contribution is 0.175. The van der Waals surface area contributed by atoms with E-state index in [1.54, 1.807) is 14.2 Å². The first-order chi connectivity index (χ1) is 16.1. The number of methoxy groups -OCH3 is 2. The molecule has 0 amide bonds. The number of hydrogen-bond acceptors (Lipinski definition) is 6. The average Bonchev–Trinajstić information content (AvgIpc) is 3.41. The van der Waals surface area contributed by atoms with E-state index in [1.807, 2.05) is 41.0 Å². The molecule has 7 nitrogen and oxygen atoms in total. The van der Waals surface area contributed by atoms with Gasteiger partial charge in [0.2, 0.25) is 0 Å². The maximum absolute atomic E-state index is 13.3. The highest BCUT2D eigenvalue weighted by molar-refractivity contribution is 5.92. The third-order valence-electron chi connectivity index (χ3n) is 6.92. The zero-order chi connectivity index (χ0) is 22.7. The van der Waals surface area contributed by atoms with Gasteiger partial charge in [-0.3, -0.25) is 9.69 Å². The first-order valence-electron chi connectivity index (χ1n) is 11.2. The van der Waals surface area contributed by atoms with Gasteiger partial charge in [0.1, 0.15) is 0 Å². The van der Waals surface area contributed by atoms with Gasteiger partial charge in [0.15, 0.2) is 11.5 Å². The summed E-state index contributed by atoms with van der Waals surface area (Å²) in [6, 6.07) is 13.6. The molecule has 0 saturated carbocycles. The number of likely N-dealkylation sites (tertiary alicyclic amines) is 1. The van der Waals surface area contributed by atoms with Gasteiger partial charge in [-0.05, 0) is 35.6 Å². The van der Waals surface area contributed by atoms with Crippen molar-refractivity contribution < 1.29 is 14.6 Å². The molecule has 2 aliphatic rings. The Balaban J connectivity index is 1.62. The molecule has 4 aromatic rings. The van der Waals surface area contributed by atoms with Crippen molar-refractivity contribution in [1.29, 1.82) is 0 Å². The number of ether oxygens (including phenoxy) is 2. The zero-order valence-electron chi connectivity index (χ0n) is 18.7. The highest BCUT2D eigenvalue weighted by atomic mass is 16.5. The molecule has 1 fully saturated rings. The van der Waals surface area contributed by atoms with Gasteiger partial charge in [-0.25, -0.2) is 4.98 Å². The molecule has 6 rings (SSSR count). The largest absolute Gasteiger partial charge is 0.493 e. The van der Waals surface area contributed by atoms with E-state index in [1.165, 1.54) is 0 Å². The lowest BCUT2D eigenvalue weighted by Crippen LogP contribution is -2.23. The minimum absolute atomic E-state index is 0.00265. The molecule has 1 N–H and O–H groups in total. The number of nitrogens with zero attached hydrogens (tertiary/aromatic N) is 3. The van der Waals surface area contributed by atoms with E-state index in [-0.39, 0.29) is 11.7 Å². The Morgan fingerprint density at radius 1 is 1.09 bits per heavy atom. The van der Waals surface area contributed by atoms with Crippen molar-refractivity contribution >= 4 is 21.7 Å². The number of fused-ring (bicyclic) bond motifs is 5. The van der Waals surface area contributed by atoms with Crippen molar-refractivity contribution in [2.24, 2.45) is 0 Å². The average molecular weight is 444 g/mol. The predicted molar refractivity (Wildman–Crippen MR) is 127 cm³/mol. The molecule has 7 heteroatoms. The Morgan fingerprint density at radius 3 is 2.64 bits per heavy atom. The van der Waals surface area contributed by atoms with Crippen LogP contribution >= 0.6 is 0 Å². The number of hydrogen-bond donors (Lipinski definition) is 1. The number of aromatic nitrogens is 2. The van der Waals surface area contributed by atoms with Gasteiger partial charge in [0.25, 0.3) is 5.56 Å². The van der Waals surface area contributed by atoms with Crippen LogP contribution in [0.2, 0.25) is 0 Å². The van der Waals surface area contributed by atoms with Crippen LogP contribution in [0.1, 0.15) is 17.5 Å². The number of rotatable bonds is 4. The van der Waals surface area contributed by atoms with Crippen LogP contribution < -0.4 is 15.0 Å². The molecular weight excluding hydrogens is 418 g/mol. The van der Waals surface area contributed by atoms with E-state index in [0.29, 0.717) is 36.5 Å². The number of β-amino-alcohol motifs (C(OH)–C–C–N with tert-alkyl or cyclic N) is 1. The second-order valence-corrected chi connectivity index (χ2v) is 8.83. The molecule has 1 atom stereocenters. The van der Waals surface area contributed by atoms with Gasteiger partial charge in [0.05, 0.1) is 43.8 Å². The highest BCUT2D eigenvalue weighted by Gasteiger charge is 2.29. The maximum Gasteiger partial charge on any atom is 0.259 e. The summed E-state index contributed by atoms with van der Waals surface area (Å²) in [5, 5.41) is 12.7. The molecule has 1 saturated heterocycles. The monoisotopic (exact) mass is 443 g/mol. The second-order valence-electron chi connectivity index (χ2n) is 8.83. The second kappa shape index (κ2) is 7.57. The van der Waals surface area contributed by atoms with Crippen LogP contribution in [0.3, 0.4) is 0 Å². The summed E-state index contributed by atoms with van der Waals surface area (Å²) in [4.78, 5) is 20.6. The summed E-state index contributed by atoms with van der Waals surface area (Å²) < 4.78 is 12.9. The van der Waals surface area contributed by atoms with Crippen molar-refractivity contribution in [1.82, 2.24) is 14.5 Å². The molecule has 33 heavy (non-hydrogen) atoms. The molecule has 0 unspecified atom stereocenters. The van der Waals surface area contributed by atoms with E-state index >= 15 is 0 Å². The van der Waals surface area contributed by atoms with E-state index in [0.717, 1.165) is 51.8 Å². The van der Waals surface area contributed by atoms with Gasteiger partial charge < -0.3 is 19.1 Å². The van der Waals surface area contributed by atoms with Gasteiger partial charge in [0, 0.05) is 42.0 Å². The van der Waals surface area contributed by atoms with E-state index < -0.39 is 0 Å². The molecule has 0 bridgehead atoms. The Bertz CT molecular complexity index is 1480. The molecule has 4 heterocycles. The fraction of sp³-hybridized carbons (Fsp3) is 0.308. The van der Waals surface area contributed by atoms with E-state index in [4.69, 9.17) is 14.5 Å². The molecular formula is C26H25N3O4. The first kappa shape index (κ1) is 20.2. The number of pyridine rings is 2. The summed E-state index contributed by atoms with van der Waals surface area (Å²) in [5.74, 6) is 1.27. The Morgan fingerprint density at radius 2 is 1.88 bits per heavy atom. The van der Waals surface area contributed by atoms with Crippen LogP contribution in [0.4, 0.5) is 0 Å². The summed E-state index contributed by atoms with van der Waals surface area (Å²) in [6.07, 6.45) is 0.471. The molecule has 0 aliphatic carbocycles. The Hall–Kier alpha value is -3.42. The van der Waals surface area contributed by atoms with Crippen molar-refractivity contribution in [2.75, 3.05) is 27.3 Å². The topological polar surface area (TPSA) is 76.8 Å². The Labute approximate surface area is 190 Å². The third-order valence-corrected chi connectivity index (χ3v) is 6.92. The van der Waals surface area contributed by atoms with Gasteiger partial charge in [-0.2, -0.15) is 0 Å². The van der Waals surface area contributed by atoms with Crippen molar-refractivity contribution in [3.63, 3.8) is 0 Å². The zero-order valence-corrected chi connectivity index (χ0v) is 18.7. The maximum atomic E-state index is 13.3. The SMILES string of the molecule is COc1cc2nc3c(c(CN4CC[C@H](O)C4)c2cc1OC)Cn1c-3cc2ccccc2c1=O. The van der Waals surface area contributed by atoms with E-state index in [2.05, 4.69) is 11.0 Å². The van der Waals surface area contributed by atoms with Crippen LogP contribution in [-0.2, 0) is 13.1 Å². The van der Waals surface area contributed by atoms with Crippen molar-refractivity contribution in [3.8, 4) is 22.9 Å². The van der Waals surface area contributed by atoms with Crippen LogP contribution in [0.25, 0.3) is 33.1 Å². The third kappa shape index (κ3) is 3.11. The molecule has 0 radical (unpaired) electrons. The van der Waals surface area contributed by atoms with E-state index in [9.17, 15) is 9.90 Å². The predicted octanol–water partition coefficient (Wildman–Crippen LogP) is 3.16. The fourth-order valence-corrected chi connectivity index (χ4v) is 5.25. The number of aliphatic hydroxyl groups excluding tert-OH is 1. The van der Waals surface area contributed by atoms with Gasteiger partial charge >= 0.3 is 0 Å². The van der Waals surface area contributed by atoms with Gasteiger partial charge in [-0.1, -0.05) is 18.2 Å². The standard InChI is InChI=1S/C26H25N3O4/c1-32-23-10-18-19(13-28-8-7-16(30)12-28)20-14-29-22(25(20)27-21(18)11-24(23)33-2)9-15-5-3-4-6-17(15)26(29)31/h3-6,9-11,16,30H,7-8,12-14H2,1-2H3/t16-/m0/s1. The summed E-state index contributed by atoms with van der Waals surface area (Å²) in [6.45, 7) is 2.64. The summed E-state index contributed by atoms with van der Waals surface area (Å²) in [5.41, 5.74) is 4.67. The van der Waals surface area contributed by atoms with Gasteiger partial charge in [-0.15, -0.1) is 0 Å². The molecule has 168 valence electrons. The fourth-order valence-electron chi connectivity index (χ4n) is 5.25. The molecule has 2 aromatic heterocycles. The lowest BCUT2D eigenvalue weighted by Gasteiger charge is -2.20. The van der Waals surface area contributed by atoms with Crippen molar-refractivity contribution in [2.45, 2.75) is 25.6 Å². The van der Waals surface area contributed by atoms with Crippen LogP contribution in [0.15, 0.2) is 47.3 Å². The summed E-state index contributed by atoms with van der Waals surface area (Å²) in [7, 11) is 3.24. The summed E-state index contributed by atoms with van der Waals surface area (Å²) >= 11 is 0. The van der Waals surface area contributed by atoms with Crippen molar-refractivity contribution in [3.05, 3.63) is 63.9 Å². The quantitative estimate of drug-likeness (QED) is 0.460. The highest BCUT2D eigenvalue weighted by Crippen LogP contribution is 2.40. The van der Waals surface area contributed by atoms with Crippen LogP contribution in [0, 0.1) is 0 Å². The molecule has 2 aliphatic heterocycles. The molecule has 2 aromatic carbocycles. The lowest BCUT2D eigenvalue weighted by atomic mass is 9.99. The smallest absolute Gasteiger partial charge is 0.259 e. The minimum Gasteiger partial charge on any atom is -0.493 e. The van der Waals surface area contributed by atoms with Crippen LogP contribution in [-0.4, -0.2) is 53.0 Å². The molecule has 0 spiro atoms. The van der Waals surface area contributed by atoms with Crippen LogP contribution in [0.5, 0.6) is 11.5 Å². The first-order valence-corrected chi connectivity index (χ1v) is 11.2. The number of aliphatic hydroxyl groups is 1. The normalized spacial score (nSPS) is 17.5. The number of benzene rings is 2. The minimum atomic E-state index is -0.300.